The summed E-state index contributed by atoms with van der Waals surface area (Å²) < 4.78 is 2.49. The zero-order chi connectivity index (χ0) is 30.1. The number of rotatable bonds is 4. The molecule has 0 N–H and O–H groups in total. The standard InChI is InChI=1S/C36H29N.C7H8/c1-36(2)32-20-12-11-19-30(32)34-31-24-25(21-22-33(31)37(35(34)36)28-16-7-4-8-17-28)23-27-15-9-10-18-29(27)26-13-5-3-6-14-26;1-7-5-3-2-4-6-7/h3-22,24H,23H2,1-2H3;2-6H,1H3. The molecule has 0 unspecified atom stereocenters. The summed E-state index contributed by atoms with van der Waals surface area (Å²) in [6, 6.07) is 56.6. The maximum atomic E-state index is 2.49. The van der Waals surface area contributed by atoms with Crippen molar-refractivity contribution in [2.45, 2.75) is 32.6 Å². The summed E-state index contributed by atoms with van der Waals surface area (Å²) >= 11 is 0. The number of aryl methyl sites for hydroxylation is 1. The molecule has 214 valence electrons. The van der Waals surface area contributed by atoms with Gasteiger partial charge in [0.25, 0.3) is 0 Å². The average molecular weight is 568 g/mol. The van der Waals surface area contributed by atoms with E-state index < -0.39 is 0 Å². The lowest BCUT2D eigenvalue weighted by atomic mass is 9.85. The van der Waals surface area contributed by atoms with Gasteiger partial charge in [0.1, 0.15) is 0 Å². The summed E-state index contributed by atoms with van der Waals surface area (Å²) in [5.74, 6) is 0. The van der Waals surface area contributed by atoms with E-state index in [1.165, 1.54) is 66.8 Å². The monoisotopic (exact) mass is 567 g/mol. The van der Waals surface area contributed by atoms with E-state index in [0.717, 1.165) is 6.42 Å². The van der Waals surface area contributed by atoms with Gasteiger partial charge < -0.3 is 4.57 Å². The van der Waals surface area contributed by atoms with E-state index in [-0.39, 0.29) is 5.41 Å². The van der Waals surface area contributed by atoms with Crippen molar-refractivity contribution in [3.63, 3.8) is 0 Å². The van der Waals surface area contributed by atoms with Crippen molar-refractivity contribution >= 4 is 10.9 Å². The molecule has 1 heterocycles. The fourth-order valence-corrected chi connectivity index (χ4v) is 6.86. The number of para-hydroxylation sites is 1. The van der Waals surface area contributed by atoms with E-state index in [1.54, 1.807) is 0 Å². The molecule has 6 aromatic carbocycles. The summed E-state index contributed by atoms with van der Waals surface area (Å²) in [4.78, 5) is 0. The van der Waals surface area contributed by atoms with Crippen LogP contribution >= 0.6 is 0 Å². The molecular formula is C43H37N. The first-order valence-corrected chi connectivity index (χ1v) is 15.5. The summed E-state index contributed by atoms with van der Waals surface area (Å²) in [7, 11) is 0. The lowest BCUT2D eigenvalue weighted by molar-refractivity contribution is 0.624. The third-order valence-corrected chi connectivity index (χ3v) is 8.94. The fraction of sp³-hybridized carbons (Fsp3) is 0.116. The number of benzene rings is 6. The third kappa shape index (κ3) is 4.95. The van der Waals surface area contributed by atoms with E-state index in [0.29, 0.717) is 0 Å². The van der Waals surface area contributed by atoms with Gasteiger partial charge in [0, 0.05) is 27.7 Å². The van der Waals surface area contributed by atoms with Gasteiger partial charge in [-0.2, -0.15) is 0 Å². The highest BCUT2D eigenvalue weighted by Gasteiger charge is 2.40. The van der Waals surface area contributed by atoms with E-state index >= 15 is 0 Å². The molecular weight excluding hydrogens is 530 g/mol. The second-order valence-electron chi connectivity index (χ2n) is 12.3. The summed E-state index contributed by atoms with van der Waals surface area (Å²) in [5.41, 5.74) is 14.6. The largest absolute Gasteiger partial charge is 0.312 e. The SMILES string of the molecule is CC1(C)c2ccccc2-c2c1n(-c1ccccc1)c1ccc(Cc3ccccc3-c3ccccc3)cc21.Cc1ccccc1. The van der Waals surface area contributed by atoms with Crippen LogP contribution in [0.3, 0.4) is 0 Å². The molecule has 1 aromatic heterocycles. The number of nitrogens with zero attached hydrogens (tertiary/aromatic N) is 1. The first kappa shape index (κ1) is 27.7. The minimum Gasteiger partial charge on any atom is -0.312 e. The second-order valence-corrected chi connectivity index (χ2v) is 12.3. The molecule has 0 fully saturated rings. The van der Waals surface area contributed by atoms with Crippen molar-refractivity contribution in [3.8, 4) is 27.9 Å². The van der Waals surface area contributed by atoms with Gasteiger partial charge in [0.05, 0.1) is 5.52 Å². The Balaban J connectivity index is 0.000000396. The van der Waals surface area contributed by atoms with E-state index in [4.69, 9.17) is 0 Å². The van der Waals surface area contributed by atoms with E-state index in [2.05, 4.69) is 165 Å². The minimum atomic E-state index is -0.0825. The quantitative estimate of drug-likeness (QED) is 0.199. The van der Waals surface area contributed by atoms with Crippen molar-refractivity contribution in [3.05, 3.63) is 186 Å². The van der Waals surface area contributed by atoms with Crippen molar-refractivity contribution in [1.29, 1.82) is 0 Å². The van der Waals surface area contributed by atoms with Crippen LogP contribution in [0.1, 0.15) is 41.8 Å². The van der Waals surface area contributed by atoms with Crippen molar-refractivity contribution < 1.29 is 0 Å². The van der Waals surface area contributed by atoms with Gasteiger partial charge >= 0.3 is 0 Å². The molecule has 1 nitrogen and oxygen atoms in total. The van der Waals surface area contributed by atoms with Crippen LogP contribution in [0.25, 0.3) is 38.8 Å². The normalized spacial score (nSPS) is 12.7. The van der Waals surface area contributed by atoms with Gasteiger partial charge in [-0.15, -0.1) is 0 Å². The Kier molecular flexibility index (Phi) is 7.24. The Morgan fingerprint density at radius 1 is 0.568 bits per heavy atom. The topological polar surface area (TPSA) is 4.93 Å². The maximum absolute atomic E-state index is 2.49. The van der Waals surface area contributed by atoms with Gasteiger partial charge in [0.2, 0.25) is 0 Å². The van der Waals surface area contributed by atoms with Crippen LogP contribution in [0.5, 0.6) is 0 Å². The molecule has 0 radical (unpaired) electrons. The highest BCUT2D eigenvalue weighted by Crippen LogP contribution is 2.53. The molecule has 0 aliphatic heterocycles. The Labute approximate surface area is 261 Å². The second kappa shape index (κ2) is 11.5. The number of hydrogen-bond donors (Lipinski definition) is 0. The molecule has 0 saturated heterocycles. The first-order chi connectivity index (χ1) is 21.5. The molecule has 1 aliphatic carbocycles. The third-order valence-electron chi connectivity index (χ3n) is 8.94. The lowest BCUT2D eigenvalue weighted by Crippen LogP contribution is -2.19. The van der Waals surface area contributed by atoms with Gasteiger partial charge in [-0.25, -0.2) is 0 Å². The molecule has 0 amide bonds. The molecule has 8 rings (SSSR count). The molecule has 7 aromatic rings. The van der Waals surface area contributed by atoms with Crippen LogP contribution in [-0.4, -0.2) is 4.57 Å². The average Bonchev–Trinajstić information content (AvgIpc) is 3.53. The molecule has 0 saturated carbocycles. The highest BCUT2D eigenvalue weighted by atomic mass is 15.0. The van der Waals surface area contributed by atoms with E-state index in [1.807, 2.05) is 18.2 Å². The van der Waals surface area contributed by atoms with Crippen LogP contribution < -0.4 is 0 Å². The van der Waals surface area contributed by atoms with Crippen molar-refractivity contribution in [1.82, 2.24) is 4.57 Å². The van der Waals surface area contributed by atoms with Crippen LogP contribution in [0, 0.1) is 6.92 Å². The molecule has 0 bridgehead atoms. The zero-order valence-electron chi connectivity index (χ0n) is 25.7. The lowest BCUT2D eigenvalue weighted by Gasteiger charge is -2.24. The molecule has 0 atom stereocenters. The van der Waals surface area contributed by atoms with E-state index in [9.17, 15) is 0 Å². The molecule has 1 aliphatic rings. The fourth-order valence-electron chi connectivity index (χ4n) is 6.86. The summed E-state index contributed by atoms with van der Waals surface area (Å²) in [6.45, 7) is 6.82. The Bertz CT molecular complexity index is 2050. The van der Waals surface area contributed by atoms with Gasteiger partial charge in [-0.05, 0) is 71.0 Å². The predicted molar refractivity (Wildman–Crippen MR) is 187 cm³/mol. The zero-order valence-corrected chi connectivity index (χ0v) is 25.7. The molecule has 1 heteroatoms. The Morgan fingerprint density at radius 3 is 1.84 bits per heavy atom. The Morgan fingerprint density at radius 2 is 1.16 bits per heavy atom. The van der Waals surface area contributed by atoms with Gasteiger partial charge in [0.15, 0.2) is 0 Å². The minimum absolute atomic E-state index is 0.0825. The van der Waals surface area contributed by atoms with Gasteiger partial charge in [-0.3, -0.25) is 0 Å². The number of aromatic nitrogens is 1. The molecule has 44 heavy (non-hydrogen) atoms. The highest BCUT2D eigenvalue weighted by molar-refractivity contribution is 6.03. The van der Waals surface area contributed by atoms with Crippen molar-refractivity contribution in [2.75, 3.05) is 0 Å². The molecule has 0 spiro atoms. The van der Waals surface area contributed by atoms with Crippen LogP contribution in [-0.2, 0) is 11.8 Å². The number of hydrogen-bond acceptors (Lipinski definition) is 0. The van der Waals surface area contributed by atoms with Crippen LogP contribution in [0.4, 0.5) is 0 Å². The smallest absolute Gasteiger partial charge is 0.0538 e. The van der Waals surface area contributed by atoms with Gasteiger partial charge in [-0.1, -0.05) is 153 Å². The van der Waals surface area contributed by atoms with Crippen LogP contribution in [0.2, 0.25) is 0 Å². The summed E-state index contributed by atoms with van der Waals surface area (Å²) in [6.07, 6.45) is 0.900. The predicted octanol–water partition coefficient (Wildman–Crippen LogP) is 11.2. The Hall–Kier alpha value is -5.14. The first-order valence-electron chi connectivity index (χ1n) is 15.5. The number of fused-ring (bicyclic) bond motifs is 5. The maximum Gasteiger partial charge on any atom is 0.0538 e. The summed E-state index contributed by atoms with van der Waals surface area (Å²) in [5, 5.41) is 1.34. The van der Waals surface area contributed by atoms with Crippen LogP contribution in [0.15, 0.2) is 158 Å². The van der Waals surface area contributed by atoms with Crippen molar-refractivity contribution in [2.24, 2.45) is 0 Å².